The van der Waals surface area contributed by atoms with E-state index in [9.17, 15) is 9.90 Å². The highest BCUT2D eigenvalue weighted by atomic mass is 32.2. The summed E-state index contributed by atoms with van der Waals surface area (Å²) in [5.74, 6) is 0.584. The van der Waals surface area contributed by atoms with E-state index in [1.54, 1.807) is 17.8 Å². The lowest BCUT2D eigenvalue weighted by Crippen LogP contribution is -2.14. The molecule has 0 heterocycles. The van der Waals surface area contributed by atoms with E-state index in [4.69, 9.17) is 4.74 Å². The van der Waals surface area contributed by atoms with Crippen molar-refractivity contribution >= 4 is 28.5 Å². The highest BCUT2D eigenvalue weighted by Gasteiger charge is 2.14. The molecule has 1 unspecified atom stereocenters. The zero-order valence-corrected chi connectivity index (χ0v) is 11.7. The summed E-state index contributed by atoms with van der Waals surface area (Å²) in [6.45, 7) is 1.85. The Balaban J connectivity index is 2.22. The van der Waals surface area contributed by atoms with Crippen molar-refractivity contribution in [2.45, 2.75) is 11.8 Å². The molecule has 0 aliphatic rings. The van der Waals surface area contributed by atoms with E-state index in [1.165, 1.54) is 7.11 Å². The first-order valence-electron chi connectivity index (χ1n) is 6.05. The Morgan fingerprint density at radius 3 is 2.63 bits per heavy atom. The molecule has 3 nitrogen and oxygen atoms in total. The largest absolute Gasteiger partial charge is 0.507 e. The number of ether oxygens (including phenoxy) is 1. The van der Waals surface area contributed by atoms with Crippen LogP contribution in [0.5, 0.6) is 5.75 Å². The fourth-order valence-electron chi connectivity index (χ4n) is 1.87. The lowest BCUT2D eigenvalue weighted by Gasteiger charge is -2.11. The summed E-state index contributed by atoms with van der Waals surface area (Å²) in [7, 11) is 1.40. The maximum absolute atomic E-state index is 11.4. The van der Waals surface area contributed by atoms with E-state index in [-0.39, 0.29) is 17.6 Å². The number of carbonyl (C=O) groups excluding carboxylic acids is 1. The maximum atomic E-state index is 11.4. The van der Waals surface area contributed by atoms with Crippen LogP contribution in [0.25, 0.3) is 10.8 Å². The van der Waals surface area contributed by atoms with E-state index in [1.807, 2.05) is 37.3 Å². The molecular weight excluding hydrogens is 260 g/mol. The van der Waals surface area contributed by atoms with Crippen molar-refractivity contribution in [3.63, 3.8) is 0 Å². The smallest absolute Gasteiger partial charge is 0.309 e. The molecule has 1 atom stereocenters. The van der Waals surface area contributed by atoms with Gasteiger partial charge in [0.25, 0.3) is 0 Å². The van der Waals surface area contributed by atoms with Gasteiger partial charge in [-0.2, -0.15) is 0 Å². The van der Waals surface area contributed by atoms with E-state index in [0.29, 0.717) is 5.75 Å². The number of methoxy groups -OCH3 is 1. The van der Waals surface area contributed by atoms with E-state index < -0.39 is 0 Å². The molecule has 2 aromatic carbocycles. The fourth-order valence-corrected chi connectivity index (χ4v) is 2.93. The van der Waals surface area contributed by atoms with Crippen LogP contribution < -0.4 is 0 Å². The Hall–Kier alpha value is -1.68. The summed E-state index contributed by atoms with van der Waals surface area (Å²) in [5, 5.41) is 11.7. The van der Waals surface area contributed by atoms with Crippen LogP contribution >= 0.6 is 11.8 Å². The van der Waals surface area contributed by atoms with E-state index >= 15 is 0 Å². The summed E-state index contributed by atoms with van der Waals surface area (Å²) in [4.78, 5) is 12.4. The van der Waals surface area contributed by atoms with Gasteiger partial charge in [-0.25, -0.2) is 0 Å². The number of fused-ring (bicyclic) bond motifs is 1. The normalized spacial score (nSPS) is 12.3. The number of hydrogen-bond acceptors (Lipinski definition) is 4. The van der Waals surface area contributed by atoms with Crippen molar-refractivity contribution < 1.29 is 14.6 Å². The van der Waals surface area contributed by atoms with Crippen molar-refractivity contribution in [3.05, 3.63) is 36.4 Å². The first kappa shape index (κ1) is 13.7. The van der Waals surface area contributed by atoms with Crippen LogP contribution in [0.3, 0.4) is 0 Å². The molecule has 0 radical (unpaired) electrons. The molecule has 0 fully saturated rings. The zero-order valence-electron chi connectivity index (χ0n) is 10.9. The van der Waals surface area contributed by atoms with E-state index in [2.05, 4.69) is 0 Å². The van der Waals surface area contributed by atoms with Gasteiger partial charge in [0.2, 0.25) is 0 Å². The minimum absolute atomic E-state index is 0.150. The van der Waals surface area contributed by atoms with Crippen LogP contribution in [0, 0.1) is 5.92 Å². The molecule has 2 aromatic rings. The molecule has 4 heteroatoms. The number of carbonyl (C=O) groups is 1. The second kappa shape index (κ2) is 5.97. The molecule has 0 aromatic heterocycles. The Labute approximate surface area is 116 Å². The van der Waals surface area contributed by atoms with Crippen molar-refractivity contribution in [3.8, 4) is 5.75 Å². The van der Waals surface area contributed by atoms with Gasteiger partial charge < -0.3 is 9.84 Å². The van der Waals surface area contributed by atoms with Crippen LogP contribution in [-0.4, -0.2) is 23.9 Å². The molecule has 0 bridgehead atoms. The topological polar surface area (TPSA) is 46.5 Å². The maximum Gasteiger partial charge on any atom is 0.309 e. The molecule has 0 amide bonds. The van der Waals surface area contributed by atoms with Gasteiger partial charge in [0.1, 0.15) is 5.75 Å². The van der Waals surface area contributed by atoms with Gasteiger partial charge in [0.15, 0.2) is 0 Å². The van der Waals surface area contributed by atoms with Crippen LogP contribution in [-0.2, 0) is 9.53 Å². The van der Waals surface area contributed by atoms with Crippen molar-refractivity contribution in [2.75, 3.05) is 12.9 Å². The Morgan fingerprint density at radius 2 is 1.95 bits per heavy atom. The monoisotopic (exact) mass is 276 g/mol. The zero-order chi connectivity index (χ0) is 13.8. The van der Waals surface area contributed by atoms with Crippen LogP contribution in [0.4, 0.5) is 0 Å². The van der Waals surface area contributed by atoms with Gasteiger partial charge in [-0.15, -0.1) is 11.8 Å². The van der Waals surface area contributed by atoms with Crippen LogP contribution in [0.2, 0.25) is 0 Å². The van der Waals surface area contributed by atoms with Crippen LogP contribution in [0.1, 0.15) is 6.92 Å². The van der Waals surface area contributed by atoms with Crippen LogP contribution in [0.15, 0.2) is 41.3 Å². The molecule has 1 N–H and O–H groups in total. The second-order valence-corrected chi connectivity index (χ2v) is 5.43. The average molecular weight is 276 g/mol. The number of aromatic hydroxyl groups is 1. The fraction of sp³-hybridized carbons (Fsp3) is 0.267. The standard InChI is InChI=1S/C15H16O3S/c1-10(15(17)18-2)9-19-14-8-7-13(16)11-5-3-4-6-12(11)14/h3-8,10,16H,9H2,1-2H3. The number of benzene rings is 2. The average Bonchev–Trinajstić information content (AvgIpc) is 2.45. The van der Waals surface area contributed by atoms with Gasteiger partial charge in [-0.05, 0) is 17.5 Å². The lowest BCUT2D eigenvalue weighted by molar-refractivity contribution is -0.143. The second-order valence-electron chi connectivity index (χ2n) is 4.36. The molecule has 0 aliphatic carbocycles. The van der Waals surface area contributed by atoms with Gasteiger partial charge in [-0.1, -0.05) is 31.2 Å². The van der Waals surface area contributed by atoms with Crippen molar-refractivity contribution in [1.29, 1.82) is 0 Å². The summed E-state index contributed by atoms with van der Waals surface area (Å²) >= 11 is 1.60. The first-order chi connectivity index (χ1) is 9.13. The van der Waals surface area contributed by atoms with Gasteiger partial charge in [0, 0.05) is 16.0 Å². The molecule has 0 saturated carbocycles. The molecule has 0 aliphatic heterocycles. The minimum atomic E-state index is -0.199. The Bertz CT molecular complexity index is 595. The third-order valence-electron chi connectivity index (χ3n) is 2.95. The number of phenols is 1. The number of phenolic OH excluding ortho intramolecular Hbond substituents is 1. The first-order valence-corrected chi connectivity index (χ1v) is 7.03. The lowest BCUT2D eigenvalue weighted by atomic mass is 10.1. The third-order valence-corrected chi connectivity index (χ3v) is 4.29. The molecule has 0 saturated heterocycles. The Morgan fingerprint density at radius 1 is 1.26 bits per heavy atom. The summed E-state index contributed by atoms with van der Waals surface area (Å²) < 4.78 is 4.71. The third kappa shape index (κ3) is 3.01. The quantitative estimate of drug-likeness (QED) is 0.686. The number of esters is 1. The van der Waals surface area contributed by atoms with Gasteiger partial charge in [0.05, 0.1) is 13.0 Å². The van der Waals surface area contributed by atoms with Crippen molar-refractivity contribution in [1.82, 2.24) is 0 Å². The van der Waals surface area contributed by atoms with Gasteiger partial charge in [-0.3, -0.25) is 4.79 Å². The van der Waals surface area contributed by atoms with E-state index in [0.717, 1.165) is 15.7 Å². The predicted molar refractivity (Wildman–Crippen MR) is 77.5 cm³/mol. The molecule has 100 valence electrons. The number of hydrogen-bond donors (Lipinski definition) is 1. The molecule has 19 heavy (non-hydrogen) atoms. The summed E-state index contributed by atoms with van der Waals surface area (Å²) in [5.41, 5.74) is 0. The molecular formula is C15H16O3S. The van der Waals surface area contributed by atoms with Gasteiger partial charge >= 0.3 is 5.97 Å². The SMILES string of the molecule is COC(=O)C(C)CSc1ccc(O)c2ccccc12. The molecule has 0 spiro atoms. The summed E-state index contributed by atoms with van der Waals surface area (Å²) in [6, 6.07) is 11.3. The van der Waals surface area contributed by atoms with Crippen molar-refractivity contribution in [2.24, 2.45) is 5.92 Å². The Kier molecular flexibility index (Phi) is 4.32. The predicted octanol–water partition coefficient (Wildman–Crippen LogP) is 3.45. The molecule has 2 rings (SSSR count). The number of thioether (sulfide) groups is 1. The summed E-state index contributed by atoms with van der Waals surface area (Å²) in [6.07, 6.45) is 0. The highest BCUT2D eigenvalue weighted by Crippen LogP contribution is 2.34. The highest BCUT2D eigenvalue weighted by molar-refractivity contribution is 7.99. The minimum Gasteiger partial charge on any atom is -0.507 e. The number of rotatable bonds is 4.